The first kappa shape index (κ1) is 16.3. The van der Waals surface area contributed by atoms with E-state index in [2.05, 4.69) is 55.3 Å². The van der Waals surface area contributed by atoms with Gasteiger partial charge in [0.15, 0.2) is 0 Å². The molecule has 1 aliphatic heterocycles. The van der Waals surface area contributed by atoms with Gasteiger partial charge in [-0.25, -0.2) is 0 Å². The lowest BCUT2D eigenvalue weighted by molar-refractivity contribution is 0.139. The zero-order valence-corrected chi connectivity index (χ0v) is 14.0. The van der Waals surface area contributed by atoms with Crippen LogP contribution >= 0.6 is 0 Å². The highest BCUT2D eigenvalue weighted by atomic mass is 16.5. The summed E-state index contributed by atoms with van der Waals surface area (Å²) in [5.74, 6) is 0.728. The SMILES string of the molecule is COCC1CCN(c2ccccc2CNC(C)(C)C)CC1. The van der Waals surface area contributed by atoms with E-state index in [0.29, 0.717) is 0 Å². The third-order valence-electron chi connectivity index (χ3n) is 4.16. The van der Waals surface area contributed by atoms with Crippen LogP contribution in [0.4, 0.5) is 5.69 Å². The van der Waals surface area contributed by atoms with Crippen LogP contribution in [-0.4, -0.2) is 32.3 Å². The maximum atomic E-state index is 5.29. The summed E-state index contributed by atoms with van der Waals surface area (Å²) >= 11 is 0. The van der Waals surface area contributed by atoms with Crippen molar-refractivity contribution in [3.05, 3.63) is 29.8 Å². The van der Waals surface area contributed by atoms with Crippen LogP contribution in [-0.2, 0) is 11.3 Å². The molecule has 3 heteroatoms. The van der Waals surface area contributed by atoms with Crippen molar-refractivity contribution in [2.75, 3.05) is 31.7 Å². The lowest BCUT2D eigenvalue weighted by Crippen LogP contribution is -2.38. The van der Waals surface area contributed by atoms with Crippen LogP contribution in [0.3, 0.4) is 0 Å². The lowest BCUT2D eigenvalue weighted by Gasteiger charge is -2.35. The predicted molar refractivity (Wildman–Crippen MR) is 89.8 cm³/mol. The molecule has 0 radical (unpaired) electrons. The van der Waals surface area contributed by atoms with Crippen LogP contribution in [0.25, 0.3) is 0 Å². The minimum absolute atomic E-state index is 0.151. The minimum atomic E-state index is 0.151. The van der Waals surface area contributed by atoms with Gasteiger partial charge in [-0.1, -0.05) is 18.2 Å². The lowest BCUT2D eigenvalue weighted by atomic mass is 9.96. The molecule has 1 aromatic rings. The van der Waals surface area contributed by atoms with Gasteiger partial charge in [0.1, 0.15) is 0 Å². The van der Waals surface area contributed by atoms with Crippen LogP contribution in [0.5, 0.6) is 0 Å². The van der Waals surface area contributed by atoms with Gasteiger partial charge in [-0.05, 0) is 51.2 Å². The molecule has 0 aliphatic carbocycles. The van der Waals surface area contributed by atoms with Crippen LogP contribution in [0.1, 0.15) is 39.2 Å². The number of hydrogen-bond acceptors (Lipinski definition) is 3. The standard InChI is InChI=1S/C18H30N2O/c1-18(2,3)19-13-16-7-5-6-8-17(16)20-11-9-15(10-12-20)14-21-4/h5-8,15,19H,9-14H2,1-4H3. The Morgan fingerprint density at radius 2 is 1.86 bits per heavy atom. The highest BCUT2D eigenvalue weighted by Crippen LogP contribution is 2.26. The number of ether oxygens (including phenoxy) is 1. The van der Waals surface area contributed by atoms with E-state index < -0.39 is 0 Å². The van der Waals surface area contributed by atoms with Gasteiger partial charge in [-0.3, -0.25) is 0 Å². The minimum Gasteiger partial charge on any atom is -0.384 e. The van der Waals surface area contributed by atoms with Crippen LogP contribution in [0, 0.1) is 5.92 Å². The number of rotatable bonds is 5. The van der Waals surface area contributed by atoms with E-state index >= 15 is 0 Å². The Morgan fingerprint density at radius 1 is 1.19 bits per heavy atom. The second-order valence-corrected chi connectivity index (χ2v) is 7.12. The molecule has 1 heterocycles. The normalized spacial score (nSPS) is 17.2. The average Bonchev–Trinajstić information content (AvgIpc) is 2.46. The van der Waals surface area contributed by atoms with Crippen LogP contribution in [0.15, 0.2) is 24.3 Å². The summed E-state index contributed by atoms with van der Waals surface area (Å²) in [5, 5.41) is 3.60. The molecule has 0 unspecified atom stereocenters. The van der Waals surface area contributed by atoms with Crippen molar-refractivity contribution < 1.29 is 4.74 Å². The highest BCUT2D eigenvalue weighted by Gasteiger charge is 2.21. The molecule has 1 aliphatic rings. The number of benzene rings is 1. The largest absolute Gasteiger partial charge is 0.384 e. The van der Waals surface area contributed by atoms with Crippen LogP contribution in [0.2, 0.25) is 0 Å². The van der Waals surface area contributed by atoms with E-state index in [4.69, 9.17) is 4.74 Å². The number of nitrogens with one attached hydrogen (secondary N) is 1. The first-order valence-electron chi connectivity index (χ1n) is 8.06. The molecule has 1 N–H and O–H groups in total. The Bertz CT molecular complexity index is 431. The highest BCUT2D eigenvalue weighted by molar-refractivity contribution is 5.54. The third-order valence-corrected chi connectivity index (χ3v) is 4.16. The number of nitrogens with zero attached hydrogens (tertiary/aromatic N) is 1. The zero-order valence-electron chi connectivity index (χ0n) is 14.0. The molecule has 118 valence electrons. The van der Waals surface area contributed by atoms with E-state index in [9.17, 15) is 0 Å². The van der Waals surface area contributed by atoms with Crippen molar-refractivity contribution in [3.8, 4) is 0 Å². The number of anilines is 1. The molecule has 1 aromatic carbocycles. The summed E-state index contributed by atoms with van der Waals surface area (Å²) in [7, 11) is 1.81. The quantitative estimate of drug-likeness (QED) is 0.899. The molecule has 1 fully saturated rings. The summed E-state index contributed by atoms with van der Waals surface area (Å²) in [5.41, 5.74) is 2.95. The predicted octanol–water partition coefficient (Wildman–Crippen LogP) is 3.44. The van der Waals surface area contributed by atoms with Gasteiger partial charge in [0.25, 0.3) is 0 Å². The Labute approximate surface area is 129 Å². The smallest absolute Gasteiger partial charge is 0.0491 e. The summed E-state index contributed by atoms with van der Waals surface area (Å²) in [4.78, 5) is 2.53. The zero-order chi connectivity index (χ0) is 15.3. The van der Waals surface area contributed by atoms with Crippen molar-refractivity contribution in [1.82, 2.24) is 5.32 Å². The van der Waals surface area contributed by atoms with Gasteiger partial charge >= 0.3 is 0 Å². The first-order chi connectivity index (χ1) is 9.99. The van der Waals surface area contributed by atoms with Crippen LogP contribution < -0.4 is 10.2 Å². The van der Waals surface area contributed by atoms with Crippen molar-refractivity contribution in [3.63, 3.8) is 0 Å². The van der Waals surface area contributed by atoms with E-state index in [0.717, 1.165) is 32.2 Å². The van der Waals surface area contributed by atoms with E-state index in [1.54, 1.807) is 7.11 Å². The van der Waals surface area contributed by atoms with Crippen molar-refractivity contribution >= 4 is 5.69 Å². The van der Waals surface area contributed by atoms with Crippen molar-refractivity contribution in [1.29, 1.82) is 0 Å². The molecule has 0 saturated carbocycles. The maximum Gasteiger partial charge on any atom is 0.0491 e. The molecule has 21 heavy (non-hydrogen) atoms. The molecular formula is C18H30N2O. The molecule has 0 atom stereocenters. The Hall–Kier alpha value is -1.06. The van der Waals surface area contributed by atoms with E-state index in [1.807, 2.05) is 0 Å². The fourth-order valence-corrected chi connectivity index (χ4v) is 2.91. The first-order valence-corrected chi connectivity index (χ1v) is 8.06. The Balaban J connectivity index is 2.00. The summed E-state index contributed by atoms with van der Waals surface area (Å²) in [6.07, 6.45) is 2.46. The van der Waals surface area contributed by atoms with E-state index in [-0.39, 0.29) is 5.54 Å². The molecule has 2 rings (SSSR count). The molecule has 1 saturated heterocycles. The number of para-hydroxylation sites is 1. The van der Waals surface area contributed by atoms with Gasteiger partial charge in [-0.2, -0.15) is 0 Å². The van der Waals surface area contributed by atoms with E-state index in [1.165, 1.54) is 24.1 Å². The molecule has 0 spiro atoms. The van der Waals surface area contributed by atoms with Crippen molar-refractivity contribution in [2.45, 2.75) is 45.7 Å². The summed E-state index contributed by atoms with van der Waals surface area (Å²) in [6.45, 7) is 10.8. The van der Waals surface area contributed by atoms with Gasteiger partial charge in [0, 0.05) is 44.6 Å². The summed E-state index contributed by atoms with van der Waals surface area (Å²) in [6, 6.07) is 8.80. The third kappa shape index (κ3) is 5.01. The second kappa shape index (κ2) is 7.28. The Kier molecular flexibility index (Phi) is 5.65. The maximum absolute atomic E-state index is 5.29. The Morgan fingerprint density at radius 3 is 2.48 bits per heavy atom. The molecule has 3 nitrogen and oxygen atoms in total. The number of hydrogen-bond donors (Lipinski definition) is 1. The molecular weight excluding hydrogens is 260 g/mol. The summed E-state index contributed by atoms with van der Waals surface area (Å²) < 4.78 is 5.29. The molecule has 0 bridgehead atoms. The van der Waals surface area contributed by atoms with Gasteiger partial charge in [0.2, 0.25) is 0 Å². The average molecular weight is 290 g/mol. The monoisotopic (exact) mass is 290 g/mol. The van der Waals surface area contributed by atoms with Gasteiger partial charge in [-0.15, -0.1) is 0 Å². The second-order valence-electron chi connectivity index (χ2n) is 7.12. The molecule has 0 aromatic heterocycles. The fraction of sp³-hybridized carbons (Fsp3) is 0.667. The fourth-order valence-electron chi connectivity index (χ4n) is 2.91. The number of piperidine rings is 1. The topological polar surface area (TPSA) is 24.5 Å². The van der Waals surface area contributed by atoms with Gasteiger partial charge < -0.3 is 15.0 Å². The molecule has 0 amide bonds. The van der Waals surface area contributed by atoms with Crippen molar-refractivity contribution in [2.24, 2.45) is 5.92 Å². The number of methoxy groups -OCH3 is 1. The van der Waals surface area contributed by atoms with Gasteiger partial charge in [0.05, 0.1) is 0 Å².